The van der Waals surface area contributed by atoms with Crippen molar-refractivity contribution in [1.29, 1.82) is 0 Å². The van der Waals surface area contributed by atoms with Crippen molar-refractivity contribution >= 4 is 23.2 Å². The molecule has 0 radical (unpaired) electrons. The molecule has 102 valence electrons. The van der Waals surface area contributed by atoms with Gasteiger partial charge in [0.15, 0.2) is 11.6 Å². The number of halogens is 1. The monoisotopic (exact) mass is 288 g/mol. The third-order valence-electron chi connectivity index (χ3n) is 2.99. The molecule has 1 N–H and O–H groups in total. The molecule has 0 aliphatic heterocycles. The maximum Gasteiger partial charge on any atom is 0.174 e. The van der Waals surface area contributed by atoms with Gasteiger partial charge in [-0.25, -0.2) is 0 Å². The van der Waals surface area contributed by atoms with Gasteiger partial charge < -0.3 is 5.11 Å². The number of hydrogen-bond acceptors (Lipinski definition) is 3. The van der Waals surface area contributed by atoms with E-state index < -0.39 is 5.78 Å². The highest BCUT2D eigenvalue weighted by atomic mass is 35.5. The van der Waals surface area contributed by atoms with Gasteiger partial charge in [-0.05, 0) is 24.6 Å². The molecule has 0 atom stereocenters. The fourth-order valence-corrected chi connectivity index (χ4v) is 2.02. The van der Waals surface area contributed by atoms with Gasteiger partial charge in [0.1, 0.15) is 5.75 Å². The van der Waals surface area contributed by atoms with E-state index in [2.05, 4.69) is 0 Å². The highest BCUT2D eigenvalue weighted by Crippen LogP contribution is 2.27. The number of rotatable bonds is 4. The van der Waals surface area contributed by atoms with Crippen molar-refractivity contribution in [1.82, 2.24) is 0 Å². The molecule has 0 spiro atoms. The SMILES string of the molecule is Cc1cc(O)c(C(=O)CC(=O)c2ccccc2)cc1Cl. The first kappa shape index (κ1) is 14.3. The molecule has 0 fully saturated rings. The molecule has 0 aromatic heterocycles. The van der Waals surface area contributed by atoms with E-state index in [-0.39, 0.29) is 23.5 Å². The van der Waals surface area contributed by atoms with Crippen molar-refractivity contribution < 1.29 is 14.7 Å². The van der Waals surface area contributed by atoms with Gasteiger partial charge in [-0.3, -0.25) is 9.59 Å². The molecule has 0 unspecified atom stereocenters. The lowest BCUT2D eigenvalue weighted by atomic mass is 10.00. The minimum atomic E-state index is -0.446. The molecular weight excluding hydrogens is 276 g/mol. The van der Waals surface area contributed by atoms with Crippen LogP contribution in [-0.2, 0) is 0 Å². The van der Waals surface area contributed by atoms with E-state index in [0.29, 0.717) is 16.1 Å². The molecule has 0 saturated heterocycles. The van der Waals surface area contributed by atoms with Gasteiger partial charge in [-0.15, -0.1) is 0 Å². The van der Waals surface area contributed by atoms with Gasteiger partial charge in [0.05, 0.1) is 12.0 Å². The van der Waals surface area contributed by atoms with Crippen molar-refractivity contribution in [3.63, 3.8) is 0 Å². The van der Waals surface area contributed by atoms with Crippen molar-refractivity contribution in [3.8, 4) is 5.75 Å². The second-order valence-corrected chi connectivity index (χ2v) is 4.91. The van der Waals surface area contributed by atoms with Gasteiger partial charge >= 0.3 is 0 Å². The first-order valence-corrected chi connectivity index (χ1v) is 6.47. The van der Waals surface area contributed by atoms with Gasteiger partial charge in [0, 0.05) is 10.6 Å². The summed E-state index contributed by atoms with van der Waals surface area (Å²) in [6.45, 7) is 1.73. The van der Waals surface area contributed by atoms with Crippen LogP contribution in [0.3, 0.4) is 0 Å². The summed E-state index contributed by atoms with van der Waals surface area (Å²) >= 11 is 5.94. The maximum atomic E-state index is 12.1. The van der Waals surface area contributed by atoms with Crippen LogP contribution in [0.5, 0.6) is 5.75 Å². The Morgan fingerprint density at radius 1 is 1.10 bits per heavy atom. The summed E-state index contributed by atoms with van der Waals surface area (Å²) in [6.07, 6.45) is -0.295. The lowest BCUT2D eigenvalue weighted by Crippen LogP contribution is -2.09. The molecule has 4 heteroatoms. The van der Waals surface area contributed by atoms with Crippen LogP contribution < -0.4 is 0 Å². The molecule has 2 aromatic carbocycles. The number of aryl methyl sites for hydroxylation is 1. The number of phenols is 1. The fraction of sp³-hybridized carbons (Fsp3) is 0.125. The number of hydrogen-bond donors (Lipinski definition) is 1. The summed E-state index contributed by atoms with van der Waals surface area (Å²) in [7, 11) is 0. The van der Waals surface area contributed by atoms with E-state index in [1.54, 1.807) is 37.3 Å². The molecule has 0 amide bonds. The Labute approximate surface area is 121 Å². The molecule has 0 aliphatic rings. The number of benzene rings is 2. The molecule has 0 bridgehead atoms. The van der Waals surface area contributed by atoms with Crippen LogP contribution in [0.1, 0.15) is 32.7 Å². The van der Waals surface area contributed by atoms with Gasteiger partial charge in [0.25, 0.3) is 0 Å². The average molecular weight is 289 g/mol. The third-order valence-corrected chi connectivity index (χ3v) is 3.40. The first-order chi connectivity index (χ1) is 9.49. The zero-order valence-corrected chi connectivity index (χ0v) is 11.6. The summed E-state index contributed by atoms with van der Waals surface area (Å²) in [5.41, 5.74) is 1.22. The van der Waals surface area contributed by atoms with Crippen LogP contribution in [0.4, 0.5) is 0 Å². The number of Topliss-reactive ketones (excluding diaryl/α,β-unsaturated/α-hetero) is 2. The summed E-state index contributed by atoms with van der Waals surface area (Å²) in [5.74, 6) is -0.886. The molecule has 3 nitrogen and oxygen atoms in total. The standard InChI is InChI=1S/C16H13ClO3/c1-10-7-15(19)12(8-13(10)17)16(20)9-14(18)11-5-3-2-4-6-11/h2-8,19H,9H2,1H3. The highest BCUT2D eigenvalue weighted by molar-refractivity contribution is 6.32. The predicted octanol–water partition coefficient (Wildman–Crippen LogP) is 3.81. The summed E-state index contributed by atoms with van der Waals surface area (Å²) < 4.78 is 0. The summed E-state index contributed by atoms with van der Waals surface area (Å²) in [5, 5.41) is 10.2. The van der Waals surface area contributed by atoms with Crippen molar-refractivity contribution in [2.45, 2.75) is 13.3 Å². The quantitative estimate of drug-likeness (QED) is 0.687. The normalized spacial score (nSPS) is 10.3. The zero-order chi connectivity index (χ0) is 14.7. The minimum Gasteiger partial charge on any atom is -0.507 e. The number of carbonyl (C=O) groups is 2. The number of aromatic hydroxyl groups is 1. The molecule has 20 heavy (non-hydrogen) atoms. The van der Waals surface area contributed by atoms with Gasteiger partial charge in [0.2, 0.25) is 0 Å². The van der Waals surface area contributed by atoms with Gasteiger partial charge in [-0.2, -0.15) is 0 Å². The van der Waals surface area contributed by atoms with Crippen molar-refractivity contribution in [3.05, 3.63) is 64.2 Å². The Kier molecular flexibility index (Phi) is 4.20. The van der Waals surface area contributed by atoms with Crippen LogP contribution >= 0.6 is 11.6 Å². The summed E-state index contributed by atoms with van der Waals surface area (Å²) in [4.78, 5) is 24.0. The van der Waals surface area contributed by atoms with E-state index in [1.165, 1.54) is 12.1 Å². The Morgan fingerprint density at radius 3 is 2.40 bits per heavy atom. The van der Waals surface area contributed by atoms with Crippen LogP contribution in [-0.4, -0.2) is 16.7 Å². The Morgan fingerprint density at radius 2 is 1.75 bits per heavy atom. The van der Waals surface area contributed by atoms with E-state index in [1.807, 2.05) is 0 Å². The molecular formula is C16H13ClO3. The Balaban J connectivity index is 2.21. The zero-order valence-electron chi connectivity index (χ0n) is 10.9. The molecule has 0 heterocycles. The lowest BCUT2D eigenvalue weighted by Gasteiger charge is -2.06. The third kappa shape index (κ3) is 3.06. The number of phenolic OH excluding ortho intramolecular Hbond substituents is 1. The molecule has 0 aliphatic carbocycles. The second-order valence-electron chi connectivity index (χ2n) is 4.51. The van der Waals surface area contributed by atoms with Crippen LogP contribution in [0, 0.1) is 6.92 Å². The minimum absolute atomic E-state index is 0.0740. The molecule has 2 rings (SSSR count). The largest absolute Gasteiger partial charge is 0.507 e. The molecule has 2 aromatic rings. The van der Waals surface area contributed by atoms with E-state index >= 15 is 0 Å². The number of carbonyl (C=O) groups excluding carboxylic acids is 2. The second kappa shape index (κ2) is 5.88. The van der Waals surface area contributed by atoms with Crippen LogP contribution in [0.15, 0.2) is 42.5 Å². The maximum absolute atomic E-state index is 12.1. The van der Waals surface area contributed by atoms with E-state index in [0.717, 1.165) is 0 Å². The average Bonchev–Trinajstić information content (AvgIpc) is 2.43. The van der Waals surface area contributed by atoms with E-state index in [4.69, 9.17) is 11.6 Å². The topological polar surface area (TPSA) is 54.4 Å². The highest BCUT2D eigenvalue weighted by Gasteiger charge is 2.17. The lowest BCUT2D eigenvalue weighted by molar-refractivity contribution is 0.0893. The van der Waals surface area contributed by atoms with Crippen LogP contribution in [0.2, 0.25) is 5.02 Å². The van der Waals surface area contributed by atoms with Crippen LogP contribution in [0.25, 0.3) is 0 Å². The first-order valence-electron chi connectivity index (χ1n) is 6.09. The van der Waals surface area contributed by atoms with Crippen molar-refractivity contribution in [2.75, 3.05) is 0 Å². The molecule has 0 saturated carbocycles. The predicted molar refractivity (Wildman–Crippen MR) is 77.6 cm³/mol. The Bertz CT molecular complexity index is 663. The Hall–Kier alpha value is -2.13. The van der Waals surface area contributed by atoms with Gasteiger partial charge in [-0.1, -0.05) is 41.9 Å². The van der Waals surface area contributed by atoms with Crippen molar-refractivity contribution in [2.24, 2.45) is 0 Å². The smallest absolute Gasteiger partial charge is 0.174 e. The fourth-order valence-electron chi connectivity index (χ4n) is 1.86. The van der Waals surface area contributed by atoms with E-state index in [9.17, 15) is 14.7 Å². The summed E-state index contributed by atoms with van der Waals surface area (Å²) in [6, 6.07) is 11.4. The number of ketones is 2.